The number of rotatable bonds is 4. The summed E-state index contributed by atoms with van der Waals surface area (Å²) >= 11 is 0. The van der Waals surface area contributed by atoms with Crippen molar-refractivity contribution in [1.29, 1.82) is 0 Å². The molecule has 1 N–H and O–H groups in total. The molecule has 2 heterocycles. The van der Waals surface area contributed by atoms with Crippen LogP contribution in [-0.2, 0) is 17.8 Å². The van der Waals surface area contributed by atoms with Gasteiger partial charge in [-0.25, -0.2) is 4.79 Å². The fourth-order valence-electron chi connectivity index (χ4n) is 2.69. The highest BCUT2D eigenvalue weighted by molar-refractivity contribution is 5.76. The number of hydrogen-bond acceptors (Lipinski definition) is 3. The number of aromatic nitrogens is 2. The van der Waals surface area contributed by atoms with E-state index in [1.54, 1.807) is 9.13 Å². The Bertz CT molecular complexity index is 647. The Kier molecular flexibility index (Phi) is 2.95. The second-order valence-electron chi connectivity index (χ2n) is 5.25. The highest BCUT2D eigenvalue weighted by Gasteiger charge is 2.39. The van der Waals surface area contributed by atoms with E-state index in [1.807, 2.05) is 31.2 Å². The maximum absolute atomic E-state index is 12.5. The summed E-state index contributed by atoms with van der Waals surface area (Å²) in [5.41, 5.74) is 1.56. The molecule has 1 aliphatic heterocycles. The molecule has 5 nitrogen and oxygen atoms in total. The SMILES string of the molecule is CCn1c(=O)n(CC2(CO)COC2)c2ccccc21. The normalized spacial score (nSPS) is 17.6. The molecule has 102 valence electrons. The number of imidazole rings is 1. The van der Waals surface area contributed by atoms with Crippen LogP contribution in [0.4, 0.5) is 0 Å². The molecule has 2 aromatic rings. The number of para-hydroxylation sites is 2. The molecule has 1 fully saturated rings. The van der Waals surface area contributed by atoms with E-state index in [2.05, 4.69) is 0 Å². The Morgan fingerprint density at radius 2 is 1.89 bits per heavy atom. The molecule has 0 bridgehead atoms. The van der Waals surface area contributed by atoms with Gasteiger partial charge in [0.05, 0.1) is 36.3 Å². The van der Waals surface area contributed by atoms with E-state index in [9.17, 15) is 9.90 Å². The van der Waals surface area contributed by atoms with E-state index in [4.69, 9.17) is 4.74 Å². The maximum atomic E-state index is 12.5. The van der Waals surface area contributed by atoms with Gasteiger partial charge in [-0.2, -0.15) is 0 Å². The van der Waals surface area contributed by atoms with E-state index >= 15 is 0 Å². The van der Waals surface area contributed by atoms with Gasteiger partial charge in [-0.15, -0.1) is 0 Å². The third kappa shape index (κ3) is 1.81. The van der Waals surface area contributed by atoms with Crippen molar-refractivity contribution in [3.05, 3.63) is 34.7 Å². The van der Waals surface area contributed by atoms with E-state index in [0.29, 0.717) is 26.3 Å². The Labute approximate surface area is 111 Å². The molecule has 0 unspecified atom stereocenters. The fourth-order valence-corrected chi connectivity index (χ4v) is 2.69. The summed E-state index contributed by atoms with van der Waals surface area (Å²) in [7, 11) is 0. The van der Waals surface area contributed by atoms with Crippen molar-refractivity contribution < 1.29 is 9.84 Å². The summed E-state index contributed by atoms with van der Waals surface area (Å²) in [6, 6.07) is 7.78. The van der Waals surface area contributed by atoms with Crippen LogP contribution in [0.15, 0.2) is 29.1 Å². The highest BCUT2D eigenvalue weighted by Crippen LogP contribution is 2.29. The van der Waals surface area contributed by atoms with Crippen molar-refractivity contribution in [2.24, 2.45) is 5.41 Å². The van der Waals surface area contributed by atoms with Crippen molar-refractivity contribution in [1.82, 2.24) is 9.13 Å². The largest absolute Gasteiger partial charge is 0.396 e. The van der Waals surface area contributed by atoms with Gasteiger partial charge in [0.15, 0.2) is 0 Å². The summed E-state index contributed by atoms with van der Waals surface area (Å²) in [5.74, 6) is 0. The molecule has 5 heteroatoms. The number of hydrogen-bond donors (Lipinski definition) is 1. The van der Waals surface area contributed by atoms with Gasteiger partial charge < -0.3 is 9.84 Å². The summed E-state index contributed by atoms with van der Waals surface area (Å²) in [6.07, 6.45) is 0. The predicted octanol–water partition coefficient (Wildman–Crippen LogP) is 0.832. The van der Waals surface area contributed by atoms with E-state index < -0.39 is 0 Å². The zero-order valence-electron chi connectivity index (χ0n) is 11.0. The molecule has 1 aromatic carbocycles. The number of ether oxygens (including phenoxy) is 1. The highest BCUT2D eigenvalue weighted by atomic mass is 16.5. The lowest BCUT2D eigenvalue weighted by molar-refractivity contribution is -0.144. The van der Waals surface area contributed by atoms with Gasteiger partial charge in [-0.05, 0) is 19.1 Å². The van der Waals surface area contributed by atoms with E-state index in [-0.39, 0.29) is 17.7 Å². The first-order valence-electron chi connectivity index (χ1n) is 6.57. The minimum atomic E-state index is -0.299. The monoisotopic (exact) mass is 262 g/mol. The van der Waals surface area contributed by atoms with Gasteiger partial charge >= 0.3 is 5.69 Å². The van der Waals surface area contributed by atoms with Crippen LogP contribution >= 0.6 is 0 Å². The minimum absolute atomic E-state index is 0.0107. The molecule has 1 aliphatic rings. The predicted molar refractivity (Wildman–Crippen MR) is 72.2 cm³/mol. The van der Waals surface area contributed by atoms with Gasteiger partial charge in [0, 0.05) is 13.1 Å². The van der Waals surface area contributed by atoms with Crippen LogP contribution < -0.4 is 5.69 Å². The lowest BCUT2D eigenvalue weighted by Crippen LogP contribution is -2.50. The third-order valence-electron chi connectivity index (χ3n) is 3.89. The molecular weight excluding hydrogens is 244 g/mol. The summed E-state index contributed by atoms with van der Waals surface area (Å²) in [6.45, 7) is 4.20. The van der Waals surface area contributed by atoms with Crippen LogP contribution in [0.25, 0.3) is 11.0 Å². The second-order valence-corrected chi connectivity index (χ2v) is 5.25. The molecule has 0 aliphatic carbocycles. The number of aliphatic hydroxyl groups excluding tert-OH is 1. The van der Waals surface area contributed by atoms with Crippen molar-refractivity contribution in [2.75, 3.05) is 19.8 Å². The zero-order chi connectivity index (χ0) is 13.5. The minimum Gasteiger partial charge on any atom is -0.396 e. The van der Waals surface area contributed by atoms with E-state index in [1.165, 1.54) is 0 Å². The molecule has 0 saturated carbocycles. The maximum Gasteiger partial charge on any atom is 0.329 e. The summed E-state index contributed by atoms with van der Waals surface area (Å²) < 4.78 is 8.73. The molecule has 0 radical (unpaired) electrons. The van der Waals surface area contributed by atoms with Gasteiger partial charge in [0.25, 0.3) is 0 Å². The number of aryl methyl sites for hydroxylation is 1. The second kappa shape index (κ2) is 4.51. The Morgan fingerprint density at radius 1 is 1.26 bits per heavy atom. The molecule has 19 heavy (non-hydrogen) atoms. The van der Waals surface area contributed by atoms with Crippen LogP contribution in [0.1, 0.15) is 6.92 Å². The Morgan fingerprint density at radius 3 is 2.37 bits per heavy atom. The molecule has 0 spiro atoms. The first-order chi connectivity index (χ1) is 9.21. The lowest BCUT2D eigenvalue weighted by Gasteiger charge is -2.39. The van der Waals surface area contributed by atoms with Gasteiger partial charge in [-0.1, -0.05) is 12.1 Å². The average Bonchev–Trinajstić information content (AvgIpc) is 2.66. The molecular formula is C14H18N2O3. The Hall–Kier alpha value is -1.59. The van der Waals surface area contributed by atoms with Crippen molar-refractivity contribution >= 4 is 11.0 Å². The molecule has 1 aromatic heterocycles. The number of fused-ring (bicyclic) bond motifs is 1. The van der Waals surface area contributed by atoms with Crippen LogP contribution in [0, 0.1) is 5.41 Å². The zero-order valence-corrected chi connectivity index (χ0v) is 11.0. The molecule has 0 amide bonds. The smallest absolute Gasteiger partial charge is 0.329 e. The number of benzene rings is 1. The topological polar surface area (TPSA) is 56.4 Å². The van der Waals surface area contributed by atoms with Crippen LogP contribution in [0.2, 0.25) is 0 Å². The van der Waals surface area contributed by atoms with Crippen LogP contribution in [0.3, 0.4) is 0 Å². The molecule has 3 rings (SSSR count). The van der Waals surface area contributed by atoms with Gasteiger partial charge in [0.1, 0.15) is 0 Å². The van der Waals surface area contributed by atoms with Crippen molar-refractivity contribution in [3.63, 3.8) is 0 Å². The van der Waals surface area contributed by atoms with E-state index in [0.717, 1.165) is 11.0 Å². The quantitative estimate of drug-likeness (QED) is 0.888. The van der Waals surface area contributed by atoms with Crippen molar-refractivity contribution in [3.8, 4) is 0 Å². The first-order valence-corrected chi connectivity index (χ1v) is 6.57. The van der Waals surface area contributed by atoms with Crippen molar-refractivity contribution in [2.45, 2.75) is 20.0 Å². The van der Waals surface area contributed by atoms with Crippen LogP contribution in [0.5, 0.6) is 0 Å². The summed E-state index contributed by atoms with van der Waals surface area (Å²) in [4.78, 5) is 12.5. The molecule has 1 saturated heterocycles. The fraction of sp³-hybridized carbons (Fsp3) is 0.500. The lowest BCUT2D eigenvalue weighted by atomic mass is 9.87. The molecule has 0 atom stereocenters. The van der Waals surface area contributed by atoms with Crippen LogP contribution in [-0.4, -0.2) is 34.1 Å². The standard InChI is InChI=1S/C14H18N2O3/c1-2-15-11-5-3-4-6-12(11)16(13(15)18)7-14(8-17)9-19-10-14/h3-6,17H,2,7-10H2,1H3. The van der Waals surface area contributed by atoms with Gasteiger partial charge in [0.2, 0.25) is 0 Å². The first kappa shape index (κ1) is 12.4. The van der Waals surface area contributed by atoms with Gasteiger partial charge in [-0.3, -0.25) is 9.13 Å². The summed E-state index contributed by atoms with van der Waals surface area (Å²) in [5, 5.41) is 9.52. The Balaban J connectivity index is 2.13. The number of nitrogens with zero attached hydrogens (tertiary/aromatic N) is 2. The third-order valence-corrected chi connectivity index (χ3v) is 3.89. The average molecular weight is 262 g/mol. The number of aliphatic hydroxyl groups is 1.